The SMILES string of the molecule is NC(=O)c1c(N)cccc1CCl. The molecule has 0 aliphatic carbocycles. The van der Waals surface area contributed by atoms with E-state index in [1.165, 1.54) is 0 Å². The van der Waals surface area contributed by atoms with Crippen molar-refractivity contribution in [3.63, 3.8) is 0 Å². The molecule has 0 saturated heterocycles. The Labute approximate surface area is 75.3 Å². The van der Waals surface area contributed by atoms with Crippen molar-refractivity contribution in [2.24, 2.45) is 5.73 Å². The summed E-state index contributed by atoms with van der Waals surface area (Å²) in [5.74, 6) is -0.299. The van der Waals surface area contributed by atoms with Crippen LogP contribution in [-0.4, -0.2) is 5.91 Å². The van der Waals surface area contributed by atoms with Crippen LogP contribution >= 0.6 is 11.6 Å². The number of anilines is 1. The van der Waals surface area contributed by atoms with Gasteiger partial charge in [-0.2, -0.15) is 0 Å². The highest BCUT2D eigenvalue weighted by Crippen LogP contribution is 2.17. The number of nitrogens with two attached hydrogens (primary N) is 2. The van der Waals surface area contributed by atoms with Crippen LogP contribution in [0.1, 0.15) is 15.9 Å². The molecule has 12 heavy (non-hydrogen) atoms. The van der Waals surface area contributed by atoms with Gasteiger partial charge in [0.05, 0.1) is 5.56 Å². The third kappa shape index (κ3) is 1.51. The Bertz CT molecular complexity index is 312. The van der Waals surface area contributed by atoms with Crippen LogP contribution in [-0.2, 0) is 5.88 Å². The van der Waals surface area contributed by atoms with E-state index in [1.54, 1.807) is 18.2 Å². The number of amides is 1. The molecule has 0 aliphatic heterocycles. The number of hydrogen-bond donors (Lipinski definition) is 2. The third-order valence-electron chi connectivity index (χ3n) is 1.57. The monoisotopic (exact) mass is 184 g/mol. The normalized spacial score (nSPS) is 9.75. The Morgan fingerprint density at radius 3 is 2.58 bits per heavy atom. The van der Waals surface area contributed by atoms with E-state index in [4.69, 9.17) is 23.1 Å². The summed E-state index contributed by atoms with van der Waals surface area (Å²) in [6.07, 6.45) is 0. The van der Waals surface area contributed by atoms with Gasteiger partial charge in [0.25, 0.3) is 5.91 Å². The molecule has 64 valence electrons. The van der Waals surface area contributed by atoms with Crippen LogP contribution in [0.5, 0.6) is 0 Å². The Morgan fingerprint density at radius 1 is 1.50 bits per heavy atom. The maximum atomic E-state index is 10.9. The molecule has 1 aromatic rings. The van der Waals surface area contributed by atoms with E-state index in [0.717, 1.165) is 0 Å². The summed E-state index contributed by atoms with van der Waals surface area (Å²) < 4.78 is 0. The van der Waals surface area contributed by atoms with E-state index in [1.807, 2.05) is 0 Å². The summed E-state index contributed by atoms with van der Waals surface area (Å²) in [6, 6.07) is 5.08. The van der Waals surface area contributed by atoms with E-state index < -0.39 is 5.91 Å². The van der Waals surface area contributed by atoms with Gasteiger partial charge in [-0.25, -0.2) is 0 Å². The van der Waals surface area contributed by atoms with Crippen molar-refractivity contribution in [2.75, 3.05) is 5.73 Å². The van der Waals surface area contributed by atoms with Crippen molar-refractivity contribution in [3.05, 3.63) is 29.3 Å². The van der Waals surface area contributed by atoms with Crippen LogP contribution in [0.15, 0.2) is 18.2 Å². The van der Waals surface area contributed by atoms with Gasteiger partial charge < -0.3 is 11.5 Å². The van der Waals surface area contributed by atoms with Gasteiger partial charge in [-0.05, 0) is 11.6 Å². The van der Waals surface area contributed by atoms with Gasteiger partial charge in [-0.15, -0.1) is 11.6 Å². The van der Waals surface area contributed by atoms with Gasteiger partial charge in [0.15, 0.2) is 0 Å². The van der Waals surface area contributed by atoms with E-state index >= 15 is 0 Å². The van der Waals surface area contributed by atoms with Gasteiger partial charge in [-0.1, -0.05) is 12.1 Å². The number of alkyl halides is 1. The number of hydrogen-bond acceptors (Lipinski definition) is 2. The van der Waals surface area contributed by atoms with E-state index in [9.17, 15) is 4.79 Å². The molecule has 4 N–H and O–H groups in total. The molecule has 3 nitrogen and oxygen atoms in total. The third-order valence-corrected chi connectivity index (χ3v) is 1.86. The van der Waals surface area contributed by atoms with Crippen molar-refractivity contribution >= 4 is 23.2 Å². The first-order valence-corrected chi connectivity index (χ1v) is 3.93. The molecule has 0 spiro atoms. The topological polar surface area (TPSA) is 69.1 Å². The van der Waals surface area contributed by atoms with Crippen LogP contribution < -0.4 is 11.5 Å². The molecule has 1 amide bonds. The molecule has 0 aromatic heterocycles. The van der Waals surface area contributed by atoms with Gasteiger partial charge in [-0.3, -0.25) is 4.79 Å². The molecule has 0 unspecified atom stereocenters. The molecule has 1 rings (SSSR count). The Hall–Kier alpha value is -1.22. The lowest BCUT2D eigenvalue weighted by Gasteiger charge is -2.05. The Balaban J connectivity index is 3.29. The summed E-state index contributed by atoms with van der Waals surface area (Å²) in [5, 5.41) is 0. The fraction of sp³-hybridized carbons (Fsp3) is 0.125. The second-order valence-electron chi connectivity index (χ2n) is 2.38. The van der Waals surface area contributed by atoms with Gasteiger partial charge in [0.2, 0.25) is 0 Å². The first-order chi connectivity index (χ1) is 5.66. The zero-order valence-corrected chi connectivity index (χ0v) is 7.14. The van der Waals surface area contributed by atoms with Crippen molar-refractivity contribution in [3.8, 4) is 0 Å². The molecule has 0 heterocycles. The largest absolute Gasteiger partial charge is 0.398 e. The minimum absolute atomic E-state index is 0.239. The lowest BCUT2D eigenvalue weighted by molar-refractivity contribution is 0.100. The second-order valence-corrected chi connectivity index (χ2v) is 2.65. The minimum Gasteiger partial charge on any atom is -0.398 e. The fourth-order valence-corrected chi connectivity index (χ4v) is 1.25. The minimum atomic E-state index is -0.538. The molecular weight excluding hydrogens is 176 g/mol. The number of primary amides is 1. The first kappa shape index (κ1) is 8.87. The quantitative estimate of drug-likeness (QED) is 0.534. The number of carbonyl (C=O) groups is 1. The summed E-state index contributed by atoms with van der Waals surface area (Å²) in [6.45, 7) is 0. The van der Waals surface area contributed by atoms with Gasteiger partial charge in [0, 0.05) is 11.6 Å². The molecule has 4 heteroatoms. The molecular formula is C8H9ClN2O. The van der Waals surface area contributed by atoms with Gasteiger partial charge in [0.1, 0.15) is 0 Å². The van der Waals surface area contributed by atoms with Crippen molar-refractivity contribution < 1.29 is 4.79 Å². The number of benzene rings is 1. The first-order valence-electron chi connectivity index (χ1n) is 3.40. The Morgan fingerprint density at radius 2 is 2.17 bits per heavy atom. The average Bonchev–Trinajstić information content (AvgIpc) is 2.03. The Kier molecular flexibility index (Phi) is 2.55. The van der Waals surface area contributed by atoms with Crippen LogP contribution in [0.3, 0.4) is 0 Å². The highest BCUT2D eigenvalue weighted by Gasteiger charge is 2.09. The number of nitrogen functional groups attached to an aromatic ring is 1. The van der Waals surface area contributed by atoms with E-state index in [-0.39, 0.29) is 5.88 Å². The number of rotatable bonds is 2. The van der Waals surface area contributed by atoms with Crippen LogP contribution in [0.25, 0.3) is 0 Å². The maximum Gasteiger partial charge on any atom is 0.251 e. The maximum absolute atomic E-state index is 10.9. The summed E-state index contributed by atoms with van der Waals surface area (Å²) in [7, 11) is 0. The van der Waals surface area contributed by atoms with Crippen LogP contribution in [0.4, 0.5) is 5.69 Å². The molecule has 0 radical (unpaired) electrons. The van der Waals surface area contributed by atoms with Crippen molar-refractivity contribution in [2.45, 2.75) is 5.88 Å². The van der Waals surface area contributed by atoms with E-state index in [0.29, 0.717) is 16.8 Å². The standard InChI is InChI=1S/C8H9ClN2O/c9-4-5-2-1-3-6(10)7(5)8(11)12/h1-3H,4,10H2,(H2,11,12). The molecule has 0 saturated carbocycles. The lowest BCUT2D eigenvalue weighted by Crippen LogP contribution is -2.15. The fourth-order valence-electron chi connectivity index (χ4n) is 1.03. The zero-order valence-electron chi connectivity index (χ0n) is 6.38. The number of halogens is 1. The highest BCUT2D eigenvalue weighted by atomic mass is 35.5. The zero-order chi connectivity index (χ0) is 9.14. The van der Waals surface area contributed by atoms with Crippen LogP contribution in [0, 0.1) is 0 Å². The van der Waals surface area contributed by atoms with Crippen LogP contribution in [0.2, 0.25) is 0 Å². The molecule has 0 aliphatic rings. The van der Waals surface area contributed by atoms with E-state index in [2.05, 4.69) is 0 Å². The summed E-state index contributed by atoms with van der Waals surface area (Å²) in [5.41, 5.74) is 12.0. The highest BCUT2D eigenvalue weighted by molar-refractivity contribution is 6.18. The molecule has 0 bridgehead atoms. The second kappa shape index (κ2) is 3.45. The smallest absolute Gasteiger partial charge is 0.251 e. The predicted octanol–water partition coefficient (Wildman–Crippen LogP) is 1.11. The van der Waals surface area contributed by atoms with Crippen molar-refractivity contribution in [1.82, 2.24) is 0 Å². The lowest BCUT2D eigenvalue weighted by atomic mass is 10.1. The average molecular weight is 185 g/mol. The predicted molar refractivity (Wildman–Crippen MR) is 48.9 cm³/mol. The molecule has 0 fully saturated rings. The molecule has 0 atom stereocenters. The summed E-state index contributed by atoms with van der Waals surface area (Å²) >= 11 is 5.58. The summed E-state index contributed by atoms with van der Waals surface area (Å²) in [4.78, 5) is 10.9. The molecule has 1 aromatic carbocycles. The van der Waals surface area contributed by atoms with Crippen molar-refractivity contribution in [1.29, 1.82) is 0 Å². The number of carbonyl (C=O) groups excluding carboxylic acids is 1. The van der Waals surface area contributed by atoms with Gasteiger partial charge >= 0.3 is 0 Å².